The van der Waals surface area contributed by atoms with Crippen molar-refractivity contribution in [2.45, 2.75) is 25.1 Å². The monoisotopic (exact) mass is 241 g/mol. The second-order valence-electron chi connectivity index (χ2n) is 3.79. The lowest BCUT2D eigenvalue weighted by atomic mass is 10.3. The van der Waals surface area contributed by atoms with E-state index in [1.54, 1.807) is 17.1 Å². The molecule has 1 aromatic heterocycles. The van der Waals surface area contributed by atoms with E-state index >= 15 is 0 Å². The molecule has 16 heavy (non-hydrogen) atoms. The Morgan fingerprint density at radius 3 is 3.06 bits per heavy atom. The Balaban J connectivity index is 2.20. The van der Waals surface area contributed by atoms with E-state index in [2.05, 4.69) is 17.0 Å². The lowest BCUT2D eigenvalue weighted by Gasteiger charge is -2.08. The van der Waals surface area contributed by atoms with Crippen molar-refractivity contribution in [3.05, 3.63) is 24.5 Å². The third-order valence-electron chi connectivity index (χ3n) is 2.47. The highest BCUT2D eigenvalue weighted by Crippen LogP contribution is 1.99. The normalized spacial score (nSPS) is 14.6. The minimum Gasteiger partial charge on any atom is -0.313 e. The van der Waals surface area contributed by atoms with Crippen molar-refractivity contribution in [2.75, 3.05) is 12.8 Å². The fourth-order valence-electron chi connectivity index (χ4n) is 1.27. The molecule has 0 saturated heterocycles. The molecule has 90 valence electrons. The first-order chi connectivity index (χ1) is 7.63. The van der Waals surface area contributed by atoms with Crippen LogP contribution in [0.2, 0.25) is 0 Å². The Hall–Kier alpha value is -0.940. The van der Waals surface area contributed by atoms with Crippen molar-refractivity contribution < 1.29 is 4.21 Å². The predicted molar refractivity (Wildman–Crippen MR) is 68.5 cm³/mol. The maximum atomic E-state index is 11.1. The smallest absolute Gasteiger partial charge is 0.0538 e. The molecule has 0 bridgehead atoms. The summed E-state index contributed by atoms with van der Waals surface area (Å²) in [5, 5.41) is 7.64. The molecule has 0 spiro atoms. The van der Waals surface area contributed by atoms with Crippen LogP contribution in [0.15, 0.2) is 19.0 Å². The third-order valence-corrected chi connectivity index (χ3v) is 3.83. The standard InChI is InChI=1S/C11H19N3OS/c1-4-14-9-11(8-13-14)7-12-6-5-10(2)16(3)15/h4,8-10,12H,1,5-7H2,2-3H3. The molecule has 0 aromatic carbocycles. The molecule has 5 heteroatoms. The van der Waals surface area contributed by atoms with Crippen molar-refractivity contribution in [1.82, 2.24) is 15.1 Å². The highest BCUT2D eigenvalue weighted by molar-refractivity contribution is 7.84. The van der Waals surface area contributed by atoms with E-state index in [1.165, 1.54) is 0 Å². The molecule has 0 aliphatic heterocycles. The van der Waals surface area contributed by atoms with Crippen LogP contribution in [0.1, 0.15) is 18.9 Å². The van der Waals surface area contributed by atoms with Crippen molar-refractivity contribution in [3.63, 3.8) is 0 Å². The predicted octanol–water partition coefficient (Wildman–Crippen LogP) is 1.23. The summed E-state index contributed by atoms with van der Waals surface area (Å²) in [5.74, 6) is 0. The van der Waals surface area contributed by atoms with E-state index in [9.17, 15) is 4.21 Å². The average molecular weight is 241 g/mol. The van der Waals surface area contributed by atoms with Gasteiger partial charge in [0.2, 0.25) is 0 Å². The quantitative estimate of drug-likeness (QED) is 0.730. The van der Waals surface area contributed by atoms with Crippen LogP contribution in [0.5, 0.6) is 0 Å². The van der Waals surface area contributed by atoms with Crippen molar-refractivity contribution in [3.8, 4) is 0 Å². The molecule has 0 fully saturated rings. The van der Waals surface area contributed by atoms with Crippen LogP contribution in [0.25, 0.3) is 6.20 Å². The molecule has 1 rings (SSSR count). The lowest BCUT2D eigenvalue weighted by Crippen LogP contribution is -2.20. The van der Waals surface area contributed by atoms with E-state index in [-0.39, 0.29) is 5.25 Å². The van der Waals surface area contributed by atoms with Crippen molar-refractivity contribution in [2.24, 2.45) is 0 Å². The fraction of sp³-hybridized carbons (Fsp3) is 0.545. The molecule has 2 atom stereocenters. The van der Waals surface area contributed by atoms with Gasteiger partial charge in [-0.3, -0.25) is 4.21 Å². The fourth-order valence-corrected chi connectivity index (χ4v) is 1.72. The number of nitrogens with zero attached hydrogens (tertiary/aromatic N) is 2. The highest BCUT2D eigenvalue weighted by Gasteiger charge is 2.04. The van der Waals surface area contributed by atoms with Crippen LogP contribution in [0.4, 0.5) is 0 Å². The van der Waals surface area contributed by atoms with Gasteiger partial charge in [-0.1, -0.05) is 13.5 Å². The van der Waals surface area contributed by atoms with Gasteiger partial charge in [-0.2, -0.15) is 5.10 Å². The van der Waals surface area contributed by atoms with E-state index in [4.69, 9.17) is 0 Å². The molecule has 2 unspecified atom stereocenters. The minimum atomic E-state index is -0.725. The van der Waals surface area contributed by atoms with Gasteiger partial charge in [0.15, 0.2) is 0 Å². The van der Waals surface area contributed by atoms with Crippen molar-refractivity contribution >= 4 is 17.0 Å². The topological polar surface area (TPSA) is 46.9 Å². The Kier molecular flexibility index (Phi) is 5.42. The number of hydrogen-bond acceptors (Lipinski definition) is 3. The summed E-state index contributed by atoms with van der Waals surface area (Å²) < 4.78 is 12.8. The molecule has 0 aliphatic carbocycles. The summed E-state index contributed by atoms with van der Waals surface area (Å²) in [6, 6.07) is 0. The van der Waals surface area contributed by atoms with Gasteiger partial charge in [-0.15, -0.1) is 0 Å². The van der Waals surface area contributed by atoms with Gasteiger partial charge in [-0.25, -0.2) is 4.68 Å². The molecule has 4 nitrogen and oxygen atoms in total. The molecular formula is C11H19N3OS. The Morgan fingerprint density at radius 2 is 2.50 bits per heavy atom. The van der Waals surface area contributed by atoms with Crippen LogP contribution >= 0.6 is 0 Å². The summed E-state index contributed by atoms with van der Waals surface area (Å²) >= 11 is 0. The van der Waals surface area contributed by atoms with Crippen LogP contribution in [-0.4, -0.2) is 32.0 Å². The molecule has 1 aromatic rings. The van der Waals surface area contributed by atoms with Crippen LogP contribution in [0.3, 0.4) is 0 Å². The summed E-state index contributed by atoms with van der Waals surface area (Å²) in [6.45, 7) is 7.30. The molecular weight excluding hydrogens is 222 g/mol. The van der Waals surface area contributed by atoms with Gasteiger partial charge >= 0.3 is 0 Å². The number of nitrogens with one attached hydrogen (secondary N) is 1. The van der Waals surface area contributed by atoms with Gasteiger partial charge in [-0.05, 0) is 13.0 Å². The first kappa shape index (κ1) is 13.1. The SMILES string of the molecule is C=Cn1cc(CNCCC(C)S(C)=O)cn1. The number of rotatable bonds is 7. The van der Waals surface area contributed by atoms with E-state index in [0.717, 1.165) is 25.1 Å². The second kappa shape index (κ2) is 6.60. The minimum absolute atomic E-state index is 0.253. The van der Waals surface area contributed by atoms with Gasteiger partial charge in [0.1, 0.15) is 0 Å². The van der Waals surface area contributed by atoms with E-state index in [1.807, 2.05) is 19.3 Å². The molecule has 0 radical (unpaired) electrons. The van der Waals surface area contributed by atoms with E-state index < -0.39 is 10.8 Å². The second-order valence-corrected chi connectivity index (χ2v) is 5.59. The molecule has 1 N–H and O–H groups in total. The maximum Gasteiger partial charge on any atom is 0.0538 e. The van der Waals surface area contributed by atoms with E-state index in [0.29, 0.717) is 0 Å². The number of hydrogen-bond donors (Lipinski definition) is 1. The lowest BCUT2D eigenvalue weighted by molar-refractivity contribution is 0.629. The highest BCUT2D eigenvalue weighted by atomic mass is 32.2. The summed E-state index contributed by atoms with van der Waals surface area (Å²) in [4.78, 5) is 0. The molecule has 0 aliphatic rings. The van der Waals surface area contributed by atoms with Gasteiger partial charge in [0.25, 0.3) is 0 Å². The summed E-state index contributed by atoms with van der Waals surface area (Å²) in [7, 11) is -0.725. The van der Waals surface area contributed by atoms with Gasteiger partial charge in [0.05, 0.1) is 6.20 Å². The zero-order valence-corrected chi connectivity index (χ0v) is 10.7. The van der Waals surface area contributed by atoms with Crippen LogP contribution < -0.4 is 5.32 Å². The third kappa shape index (κ3) is 4.28. The first-order valence-corrected chi connectivity index (χ1v) is 6.94. The Labute approximate surface area is 99.2 Å². The molecule has 1 heterocycles. The number of aromatic nitrogens is 2. The van der Waals surface area contributed by atoms with Crippen molar-refractivity contribution in [1.29, 1.82) is 0 Å². The van der Waals surface area contributed by atoms with Gasteiger partial charge < -0.3 is 5.32 Å². The van der Waals surface area contributed by atoms with Crippen LogP contribution in [-0.2, 0) is 17.3 Å². The Morgan fingerprint density at radius 1 is 1.75 bits per heavy atom. The zero-order chi connectivity index (χ0) is 12.0. The van der Waals surface area contributed by atoms with Crippen LogP contribution in [0, 0.1) is 0 Å². The summed E-state index contributed by atoms with van der Waals surface area (Å²) in [5.41, 5.74) is 1.13. The first-order valence-electron chi connectivity index (χ1n) is 5.32. The zero-order valence-electron chi connectivity index (χ0n) is 9.85. The Bertz CT molecular complexity index is 362. The molecule has 0 amide bonds. The maximum absolute atomic E-state index is 11.1. The largest absolute Gasteiger partial charge is 0.313 e. The molecule has 0 saturated carbocycles. The average Bonchev–Trinajstić information content (AvgIpc) is 2.71. The van der Waals surface area contributed by atoms with Gasteiger partial charge in [0, 0.05) is 46.8 Å². The summed E-state index contributed by atoms with van der Waals surface area (Å²) in [6.07, 6.45) is 8.08.